The van der Waals surface area contributed by atoms with Gasteiger partial charge in [0.2, 0.25) is 0 Å². The quantitative estimate of drug-likeness (QED) is 0.649. The molecule has 0 bridgehead atoms. The Labute approximate surface area is 153 Å². The number of benzene rings is 3. The molecule has 0 atom stereocenters. The van der Waals surface area contributed by atoms with Crippen molar-refractivity contribution >= 4 is 28.7 Å². The van der Waals surface area contributed by atoms with E-state index in [4.69, 9.17) is 17.0 Å². The molecule has 0 aliphatic heterocycles. The van der Waals surface area contributed by atoms with Gasteiger partial charge in [-0.25, -0.2) is 0 Å². The van der Waals surface area contributed by atoms with Gasteiger partial charge in [0.1, 0.15) is 5.75 Å². The zero-order valence-electron chi connectivity index (χ0n) is 14.1. The maximum Gasteiger partial charge on any atom is 0.178 e. The standard InChI is InChI=1S/C21H20N2OS/c1-24-20-15-9-8-14-19(20)22-21(25)23(18-12-6-3-7-13-18)16-17-10-4-2-5-11-17/h2-15H,16H2,1H3,(H,22,25). The number of para-hydroxylation sites is 3. The van der Waals surface area contributed by atoms with Crippen molar-refractivity contribution in [3.63, 3.8) is 0 Å². The predicted molar refractivity (Wildman–Crippen MR) is 108 cm³/mol. The van der Waals surface area contributed by atoms with E-state index >= 15 is 0 Å². The minimum absolute atomic E-state index is 0.625. The predicted octanol–water partition coefficient (Wildman–Crippen LogP) is 5.10. The molecule has 3 aromatic carbocycles. The second-order valence-electron chi connectivity index (χ2n) is 5.54. The molecular weight excluding hydrogens is 328 g/mol. The van der Waals surface area contributed by atoms with Crippen LogP contribution in [0.15, 0.2) is 84.9 Å². The Kier molecular flexibility index (Phi) is 5.65. The van der Waals surface area contributed by atoms with Crippen molar-refractivity contribution in [3.05, 3.63) is 90.5 Å². The zero-order chi connectivity index (χ0) is 17.5. The molecule has 0 spiro atoms. The molecule has 0 unspecified atom stereocenters. The van der Waals surface area contributed by atoms with Crippen molar-refractivity contribution < 1.29 is 4.74 Å². The smallest absolute Gasteiger partial charge is 0.178 e. The minimum Gasteiger partial charge on any atom is -0.495 e. The van der Waals surface area contributed by atoms with Crippen molar-refractivity contribution in [3.8, 4) is 5.75 Å². The van der Waals surface area contributed by atoms with Crippen LogP contribution in [-0.4, -0.2) is 12.2 Å². The van der Waals surface area contributed by atoms with Gasteiger partial charge < -0.3 is 15.0 Å². The average Bonchev–Trinajstić information content (AvgIpc) is 2.68. The molecule has 0 amide bonds. The molecule has 3 aromatic rings. The lowest BCUT2D eigenvalue weighted by Gasteiger charge is -2.26. The Morgan fingerprint density at radius 1 is 0.880 bits per heavy atom. The first-order valence-corrected chi connectivity index (χ1v) is 8.49. The average molecular weight is 348 g/mol. The van der Waals surface area contributed by atoms with E-state index in [1.54, 1.807) is 7.11 Å². The van der Waals surface area contributed by atoms with Crippen LogP contribution in [0, 0.1) is 0 Å². The van der Waals surface area contributed by atoms with Crippen LogP contribution in [0.4, 0.5) is 11.4 Å². The van der Waals surface area contributed by atoms with E-state index in [2.05, 4.69) is 34.5 Å². The summed E-state index contributed by atoms with van der Waals surface area (Å²) in [5.74, 6) is 0.762. The fourth-order valence-corrected chi connectivity index (χ4v) is 2.86. The van der Waals surface area contributed by atoms with Gasteiger partial charge in [-0.2, -0.15) is 0 Å². The summed E-state index contributed by atoms with van der Waals surface area (Å²) in [6, 6.07) is 28.2. The highest BCUT2D eigenvalue weighted by atomic mass is 32.1. The van der Waals surface area contributed by atoms with Crippen molar-refractivity contribution in [2.24, 2.45) is 0 Å². The van der Waals surface area contributed by atoms with Crippen LogP contribution in [0.25, 0.3) is 0 Å². The Morgan fingerprint density at radius 2 is 1.48 bits per heavy atom. The van der Waals surface area contributed by atoms with E-state index in [9.17, 15) is 0 Å². The molecule has 0 saturated carbocycles. The largest absolute Gasteiger partial charge is 0.495 e. The van der Waals surface area contributed by atoms with Crippen LogP contribution >= 0.6 is 12.2 Å². The zero-order valence-corrected chi connectivity index (χ0v) is 14.9. The highest BCUT2D eigenvalue weighted by Gasteiger charge is 2.14. The molecule has 4 heteroatoms. The lowest BCUT2D eigenvalue weighted by Crippen LogP contribution is -2.34. The Bertz CT molecular complexity index is 822. The highest BCUT2D eigenvalue weighted by molar-refractivity contribution is 7.80. The van der Waals surface area contributed by atoms with E-state index in [0.717, 1.165) is 17.1 Å². The second kappa shape index (κ2) is 8.31. The summed E-state index contributed by atoms with van der Waals surface area (Å²) in [7, 11) is 1.66. The lowest BCUT2D eigenvalue weighted by atomic mass is 10.2. The summed E-state index contributed by atoms with van der Waals surface area (Å²) < 4.78 is 5.41. The van der Waals surface area contributed by atoms with Crippen LogP contribution in [0.5, 0.6) is 5.75 Å². The Hall–Kier alpha value is -2.85. The number of thiocarbonyl (C=S) groups is 1. The SMILES string of the molecule is COc1ccccc1NC(=S)N(Cc1ccccc1)c1ccccc1. The van der Waals surface area contributed by atoms with Crippen LogP contribution in [-0.2, 0) is 6.54 Å². The first kappa shape index (κ1) is 17.0. The number of ether oxygens (including phenoxy) is 1. The minimum atomic E-state index is 0.625. The molecule has 25 heavy (non-hydrogen) atoms. The number of hydrogen-bond acceptors (Lipinski definition) is 2. The third-order valence-corrected chi connectivity index (χ3v) is 4.17. The van der Waals surface area contributed by atoms with Gasteiger partial charge in [-0.15, -0.1) is 0 Å². The van der Waals surface area contributed by atoms with Crippen LogP contribution in [0.3, 0.4) is 0 Å². The van der Waals surface area contributed by atoms with Crippen molar-refractivity contribution in [2.45, 2.75) is 6.54 Å². The molecule has 3 rings (SSSR count). The molecule has 0 heterocycles. The Balaban J connectivity index is 1.87. The Morgan fingerprint density at radius 3 is 2.16 bits per heavy atom. The van der Waals surface area contributed by atoms with Gasteiger partial charge in [0.05, 0.1) is 19.3 Å². The molecule has 0 aliphatic rings. The van der Waals surface area contributed by atoms with Gasteiger partial charge in [0.25, 0.3) is 0 Å². The number of nitrogens with one attached hydrogen (secondary N) is 1. The normalized spacial score (nSPS) is 10.1. The van der Waals surface area contributed by atoms with E-state index in [-0.39, 0.29) is 0 Å². The van der Waals surface area contributed by atoms with Crippen LogP contribution in [0.1, 0.15) is 5.56 Å². The maximum atomic E-state index is 5.71. The van der Waals surface area contributed by atoms with Crippen molar-refractivity contribution in [2.75, 3.05) is 17.3 Å². The third-order valence-electron chi connectivity index (χ3n) is 3.85. The molecular formula is C21H20N2OS. The van der Waals surface area contributed by atoms with E-state index in [0.29, 0.717) is 11.7 Å². The first-order valence-electron chi connectivity index (χ1n) is 8.08. The highest BCUT2D eigenvalue weighted by Crippen LogP contribution is 2.25. The monoisotopic (exact) mass is 348 g/mol. The van der Waals surface area contributed by atoms with Crippen molar-refractivity contribution in [1.29, 1.82) is 0 Å². The number of rotatable bonds is 5. The van der Waals surface area contributed by atoms with Gasteiger partial charge in [0.15, 0.2) is 5.11 Å². The first-order chi connectivity index (χ1) is 12.3. The van der Waals surface area contributed by atoms with Gasteiger partial charge in [-0.05, 0) is 42.0 Å². The molecule has 0 aromatic heterocycles. The summed E-state index contributed by atoms with van der Waals surface area (Å²) in [5, 5.41) is 3.94. The second-order valence-corrected chi connectivity index (χ2v) is 5.92. The molecule has 1 N–H and O–H groups in total. The molecule has 0 saturated heterocycles. The summed E-state index contributed by atoms with van der Waals surface area (Å²) >= 11 is 5.71. The number of nitrogens with zero attached hydrogens (tertiary/aromatic N) is 1. The third kappa shape index (κ3) is 4.37. The van der Waals surface area contributed by atoms with E-state index in [1.165, 1.54) is 5.56 Å². The van der Waals surface area contributed by atoms with Gasteiger partial charge in [0, 0.05) is 5.69 Å². The molecule has 126 valence electrons. The summed E-state index contributed by atoms with van der Waals surface area (Å²) in [6.45, 7) is 0.686. The van der Waals surface area contributed by atoms with Crippen molar-refractivity contribution in [1.82, 2.24) is 0 Å². The number of hydrogen-bond donors (Lipinski definition) is 1. The van der Waals surface area contributed by atoms with E-state index < -0.39 is 0 Å². The molecule has 3 nitrogen and oxygen atoms in total. The summed E-state index contributed by atoms with van der Waals surface area (Å²) in [6.07, 6.45) is 0. The fraction of sp³-hybridized carbons (Fsp3) is 0.0952. The summed E-state index contributed by atoms with van der Waals surface area (Å²) in [4.78, 5) is 2.08. The van der Waals surface area contributed by atoms with Gasteiger partial charge in [-0.1, -0.05) is 60.7 Å². The van der Waals surface area contributed by atoms with Crippen LogP contribution < -0.4 is 15.0 Å². The fourth-order valence-electron chi connectivity index (χ4n) is 2.58. The number of methoxy groups -OCH3 is 1. The molecule has 0 radical (unpaired) electrons. The summed E-state index contributed by atoms with van der Waals surface area (Å²) in [5.41, 5.74) is 3.08. The van der Waals surface area contributed by atoms with Gasteiger partial charge in [-0.3, -0.25) is 0 Å². The van der Waals surface area contributed by atoms with Crippen LogP contribution in [0.2, 0.25) is 0 Å². The van der Waals surface area contributed by atoms with Gasteiger partial charge >= 0.3 is 0 Å². The molecule has 0 fully saturated rings. The van der Waals surface area contributed by atoms with E-state index in [1.807, 2.05) is 60.7 Å². The maximum absolute atomic E-state index is 5.71. The molecule has 0 aliphatic carbocycles. The topological polar surface area (TPSA) is 24.5 Å². The number of anilines is 2. The lowest BCUT2D eigenvalue weighted by molar-refractivity contribution is 0.417.